The third-order valence-corrected chi connectivity index (χ3v) is 3.95. The van der Waals surface area contributed by atoms with Crippen molar-refractivity contribution < 1.29 is 18.3 Å². The Labute approximate surface area is 150 Å². The van der Waals surface area contributed by atoms with Gasteiger partial charge in [-0.25, -0.2) is 4.39 Å². The molecule has 26 heavy (non-hydrogen) atoms. The largest absolute Gasteiger partial charge is 0.492 e. The molecule has 136 valence electrons. The number of nitrogens with two attached hydrogens (primary N) is 1. The van der Waals surface area contributed by atoms with Crippen LogP contribution in [0.25, 0.3) is 11.1 Å². The van der Waals surface area contributed by atoms with Crippen LogP contribution in [-0.4, -0.2) is 37.3 Å². The third kappa shape index (κ3) is 4.30. The Bertz CT molecular complexity index is 846. The third-order valence-electron chi connectivity index (χ3n) is 3.95. The van der Waals surface area contributed by atoms with Crippen LogP contribution in [0.3, 0.4) is 0 Å². The summed E-state index contributed by atoms with van der Waals surface area (Å²) in [5.41, 5.74) is 7.17. The summed E-state index contributed by atoms with van der Waals surface area (Å²) in [4.78, 5) is 17.0. The summed E-state index contributed by atoms with van der Waals surface area (Å²) in [6, 6.07) is 15.0. The van der Waals surface area contributed by atoms with Crippen molar-refractivity contribution in [3.63, 3.8) is 0 Å². The van der Waals surface area contributed by atoms with Gasteiger partial charge in [-0.05, 0) is 29.8 Å². The zero-order chi connectivity index (χ0) is 18.5. The lowest BCUT2D eigenvalue weighted by atomic mass is 10.1. The van der Waals surface area contributed by atoms with E-state index in [4.69, 9.17) is 14.9 Å². The van der Waals surface area contributed by atoms with E-state index in [2.05, 4.69) is 4.98 Å². The number of alkyl halides is 1. The highest BCUT2D eigenvalue weighted by molar-refractivity contribution is 5.79. The van der Waals surface area contributed by atoms with E-state index in [1.807, 2.05) is 36.2 Å². The molecule has 2 aromatic carbocycles. The zero-order valence-corrected chi connectivity index (χ0v) is 14.4. The molecule has 0 fully saturated rings. The highest BCUT2D eigenvalue weighted by Gasteiger charge is 2.14. The summed E-state index contributed by atoms with van der Waals surface area (Å²) >= 11 is 0. The maximum atomic E-state index is 13.3. The number of halogens is 1. The number of aromatic nitrogens is 1. The molecule has 1 heterocycles. The van der Waals surface area contributed by atoms with E-state index in [-0.39, 0.29) is 6.42 Å². The predicted molar refractivity (Wildman–Crippen MR) is 97.0 cm³/mol. The fourth-order valence-corrected chi connectivity index (χ4v) is 2.45. The smallest absolute Gasteiger partial charge is 0.298 e. The SMILES string of the molecule is CN(CCOc1ccc(CC(F)C(N)=O)cc1)c1nc2ccccc2o1. The quantitative estimate of drug-likeness (QED) is 0.670. The van der Waals surface area contributed by atoms with E-state index in [1.54, 1.807) is 24.3 Å². The summed E-state index contributed by atoms with van der Waals surface area (Å²) in [5, 5.41) is 0. The molecule has 1 atom stereocenters. The Hall–Kier alpha value is -3.09. The van der Waals surface area contributed by atoms with Gasteiger partial charge >= 0.3 is 0 Å². The molecule has 0 spiro atoms. The highest BCUT2D eigenvalue weighted by Crippen LogP contribution is 2.20. The number of rotatable bonds is 8. The van der Waals surface area contributed by atoms with Gasteiger partial charge in [0.2, 0.25) is 0 Å². The van der Waals surface area contributed by atoms with Crippen molar-refractivity contribution in [3.05, 3.63) is 54.1 Å². The van der Waals surface area contributed by atoms with E-state index in [1.165, 1.54) is 0 Å². The summed E-state index contributed by atoms with van der Waals surface area (Å²) < 4.78 is 24.7. The van der Waals surface area contributed by atoms with Gasteiger partial charge in [0.25, 0.3) is 11.9 Å². The number of amides is 1. The Kier molecular flexibility index (Phi) is 5.36. The van der Waals surface area contributed by atoms with Crippen molar-refractivity contribution in [2.75, 3.05) is 25.1 Å². The number of carbonyl (C=O) groups excluding carboxylic acids is 1. The zero-order valence-electron chi connectivity index (χ0n) is 14.4. The first kappa shape index (κ1) is 17.7. The van der Waals surface area contributed by atoms with Crippen LogP contribution < -0.4 is 15.4 Å². The molecular formula is C19H20FN3O3. The minimum Gasteiger partial charge on any atom is -0.492 e. The molecule has 1 amide bonds. The van der Waals surface area contributed by atoms with Crippen LogP contribution in [0.4, 0.5) is 10.4 Å². The van der Waals surface area contributed by atoms with Crippen molar-refractivity contribution in [2.45, 2.75) is 12.6 Å². The Balaban J connectivity index is 1.50. The van der Waals surface area contributed by atoms with Gasteiger partial charge < -0.3 is 19.8 Å². The number of ether oxygens (including phenoxy) is 1. The standard InChI is InChI=1S/C19H20FN3O3/c1-23(19-22-16-4-2-3-5-17(16)26-19)10-11-25-14-8-6-13(7-9-14)12-15(20)18(21)24/h2-9,15H,10-12H2,1H3,(H2,21,24). The molecule has 0 aliphatic carbocycles. The van der Waals surface area contributed by atoms with Crippen LogP contribution in [0, 0.1) is 0 Å². The van der Waals surface area contributed by atoms with Gasteiger partial charge in [-0.15, -0.1) is 0 Å². The topological polar surface area (TPSA) is 81.6 Å². The van der Waals surface area contributed by atoms with Gasteiger partial charge in [-0.2, -0.15) is 4.98 Å². The maximum Gasteiger partial charge on any atom is 0.298 e. The number of para-hydroxylation sites is 2. The van der Waals surface area contributed by atoms with E-state index in [0.717, 1.165) is 11.1 Å². The number of benzene rings is 2. The summed E-state index contributed by atoms with van der Waals surface area (Å²) in [5.74, 6) is -0.290. The van der Waals surface area contributed by atoms with Crippen molar-refractivity contribution in [2.24, 2.45) is 5.73 Å². The van der Waals surface area contributed by atoms with E-state index in [9.17, 15) is 9.18 Å². The molecule has 2 N–H and O–H groups in total. The van der Waals surface area contributed by atoms with Gasteiger partial charge in [0.05, 0.1) is 6.54 Å². The van der Waals surface area contributed by atoms with Crippen molar-refractivity contribution in [1.82, 2.24) is 4.98 Å². The van der Waals surface area contributed by atoms with Gasteiger partial charge in [0.15, 0.2) is 11.8 Å². The molecule has 3 rings (SSSR count). The molecule has 0 aliphatic heterocycles. The van der Waals surface area contributed by atoms with Crippen molar-refractivity contribution in [3.8, 4) is 5.75 Å². The summed E-state index contributed by atoms with van der Waals surface area (Å²) in [7, 11) is 1.88. The van der Waals surface area contributed by atoms with Crippen LogP contribution in [0.15, 0.2) is 52.9 Å². The number of primary amides is 1. The maximum absolute atomic E-state index is 13.3. The average Bonchev–Trinajstić information content (AvgIpc) is 3.07. The van der Waals surface area contributed by atoms with Crippen LogP contribution in [0.1, 0.15) is 5.56 Å². The first-order valence-corrected chi connectivity index (χ1v) is 8.25. The van der Waals surface area contributed by atoms with Crippen LogP contribution in [-0.2, 0) is 11.2 Å². The molecule has 0 bridgehead atoms. The Morgan fingerprint density at radius 1 is 1.27 bits per heavy atom. The predicted octanol–water partition coefficient (Wildman–Crippen LogP) is 2.71. The lowest BCUT2D eigenvalue weighted by Crippen LogP contribution is -2.26. The second-order valence-electron chi connectivity index (χ2n) is 5.95. The summed E-state index contributed by atoms with van der Waals surface area (Å²) in [6.07, 6.45) is -1.71. The number of oxazole rings is 1. The lowest BCUT2D eigenvalue weighted by molar-refractivity contribution is -0.122. The number of carbonyl (C=O) groups is 1. The van der Waals surface area contributed by atoms with E-state index < -0.39 is 12.1 Å². The number of hydrogen-bond donors (Lipinski definition) is 1. The van der Waals surface area contributed by atoms with E-state index in [0.29, 0.717) is 30.5 Å². The minimum atomic E-state index is -1.67. The number of hydrogen-bond acceptors (Lipinski definition) is 5. The number of nitrogens with zero attached hydrogens (tertiary/aromatic N) is 2. The molecule has 0 saturated carbocycles. The Morgan fingerprint density at radius 2 is 2.00 bits per heavy atom. The molecule has 0 aliphatic rings. The monoisotopic (exact) mass is 357 g/mol. The van der Waals surface area contributed by atoms with Crippen LogP contribution in [0.5, 0.6) is 5.75 Å². The normalized spacial score (nSPS) is 12.1. The molecule has 3 aromatic rings. The second-order valence-corrected chi connectivity index (χ2v) is 5.95. The fourth-order valence-electron chi connectivity index (χ4n) is 2.45. The molecule has 0 radical (unpaired) electrons. The highest BCUT2D eigenvalue weighted by atomic mass is 19.1. The molecule has 1 unspecified atom stereocenters. The lowest BCUT2D eigenvalue weighted by Gasteiger charge is -2.15. The van der Waals surface area contributed by atoms with Crippen LogP contribution in [0.2, 0.25) is 0 Å². The first-order chi connectivity index (χ1) is 12.5. The number of likely N-dealkylation sites (N-methyl/N-ethyl adjacent to an activating group) is 1. The van der Waals surface area contributed by atoms with Gasteiger partial charge in [0, 0.05) is 13.5 Å². The fraction of sp³-hybridized carbons (Fsp3) is 0.263. The van der Waals surface area contributed by atoms with Gasteiger partial charge in [-0.1, -0.05) is 24.3 Å². The molecule has 1 aromatic heterocycles. The molecule has 0 saturated heterocycles. The molecule has 7 heteroatoms. The van der Waals surface area contributed by atoms with Crippen molar-refractivity contribution in [1.29, 1.82) is 0 Å². The number of fused-ring (bicyclic) bond motifs is 1. The minimum absolute atomic E-state index is 0.0317. The summed E-state index contributed by atoms with van der Waals surface area (Å²) in [6.45, 7) is 1.02. The van der Waals surface area contributed by atoms with Gasteiger partial charge in [-0.3, -0.25) is 4.79 Å². The second kappa shape index (κ2) is 7.86. The first-order valence-electron chi connectivity index (χ1n) is 8.25. The van der Waals surface area contributed by atoms with Crippen molar-refractivity contribution >= 4 is 23.0 Å². The Morgan fingerprint density at radius 3 is 2.69 bits per heavy atom. The number of anilines is 1. The van der Waals surface area contributed by atoms with Gasteiger partial charge in [0.1, 0.15) is 17.9 Å². The van der Waals surface area contributed by atoms with E-state index >= 15 is 0 Å². The van der Waals surface area contributed by atoms with Crippen LogP contribution >= 0.6 is 0 Å². The molecule has 6 nitrogen and oxygen atoms in total. The molecular weight excluding hydrogens is 337 g/mol. The average molecular weight is 357 g/mol.